The van der Waals surface area contributed by atoms with Gasteiger partial charge in [-0.25, -0.2) is 0 Å². The van der Waals surface area contributed by atoms with Crippen LogP contribution in [0.25, 0.3) is 0 Å². The highest BCUT2D eigenvalue weighted by molar-refractivity contribution is 5.79. The fraction of sp³-hybridized carbons (Fsp3) is 0.364. The molecule has 17 heavy (non-hydrogen) atoms. The van der Waals surface area contributed by atoms with Gasteiger partial charge < -0.3 is 4.90 Å². The second-order valence-corrected chi connectivity index (χ2v) is 4.14. The molecule has 1 heterocycles. The van der Waals surface area contributed by atoms with Gasteiger partial charge in [0, 0.05) is 32.0 Å². The van der Waals surface area contributed by atoms with Crippen LogP contribution < -0.4 is 0 Å². The molecule has 0 saturated carbocycles. The molecule has 6 heteroatoms. The first-order chi connectivity index (χ1) is 7.99. The minimum absolute atomic E-state index is 0.00183. The molecule has 1 atom stereocenters. The van der Waals surface area contributed by atoms with E-state index in [-0.39, 0.29) is 11.8 Å². The van der Waals surface area contributed by atoms with Gasteiger partial charge in [0.15, 0.2) is 0 Å². The summed E-state index contributed by atoms with van der Waals surface area (Å²) >= 11 is 0. The molecule has 0 aromatic heterocycles. The molecular formula is C11H11FN2O3. The third-order valence-electron chi connectivity index (χ3n) is 2.98. The first-order valence-corrected chi connectivity index (χ1v) is 5.17. The molecule has 0 N–H and O–H groups in total. The Hall–Kier alpha value is -1.98. The van der Waals surface area contributed by atoms with E-state index in [0.717, 1.165) is 6.07 Å². The van der Waals surface area contributed by atoms with E-state index in [2.05, 4.69) is 0 Å². The lowest BCUT2D eigenvalue weighted by Crippen LogP contribution is -2.18. The van der Waals surface area contributed by atoms with Gasteiger partial charge in [0.2, 0.25) is 11.7 Å². The molecule has 1 saturated heterocycles. The van der Waals surface area contributed by atoms with Crippen molar-refractivity contribution >= 4 is 11.6 Å². The molecule has 1 aliphatic rings. The number of hydrogen-bond donors (Lipinski definition) is 0. The van der Waals surface area contributed by atoms with Crippen molar-refractivity contribution in [2.75, 3.05) is 13.6 Å². The van der Waals surface area contributed by atoms with Crippen LogP contribution in [0.4, 0.5) is 10.1 Å². The number of carbonyl (C=O) groups is 1. The summed E-state index contributed by atoms with van der Waals surface area (Å²) in [7, 11) is 1.68. The second-order valence-electron chi connectivity index (χ2n) is 4.14. The maximum absolute atomic E-state index is 13.1. The summed E-state index contributed by atoms with van der Waals surface area (Å²) in [6.45, 7) is 0.515. The zero-order valence-corrected chi connectivity index (χ0v) is 9.22. The van der Waals surface area contributed by atoms with Gasteiger partial charge in [-0.3, -0.25) is 14.9 Å². The van der Waals surface area contributed by atoms with Crippen LogP contribution in [-0.2, 0) is 4.79 Å². The number of likely N-dealkylation sites (tertiary alicyclic amines) is 1. The lowest BCUT2D eigenvalue weighted by atomic mass is 9.98. The average molecular weight is 238 g/mol. The smallest absolute Gasteiger partial charge is 0.305 e. The topological polar surface area (TPSA) is 63.4 Å². The summed E-state index contributed by atoms with van der Waals surface area (Å²) in [5, 5.41) is 10.6. The minimum atomic E-state index is -0.851. The Kier molecular flexibility index (Phi) is 2.79. The van der Waals surface area contributed by atoms with Crippen molar-refractivity contribution in [2.24, 2.45) is 0 Å². The van der Waals surface area contributed by atoms with Crippen molar-refractivity contribution in [3.63, 3.8) is 0 Å². The molecule has 0 bridgehead atoms. The van der Waals surface area contributed by atoms with Crippen molar-refractivity contribution in [3.05, 3.63) is 39.7 Å². The van der Waals surface area contributed by atoms with Gasteiger partial charge in [-0.15, -0.1) is 0 Å². The molecule has 0 radical (unpaired) electrons. The van der Waals surface area contributed by atoms with Gasteiger partial charge in [0.1, 0.15) is 0 Å². The minimum Gasteiger partial charge on any atom is -0.345 e. The van der Waals surface area contributed by atoms with E-state index in [9.17, 15) is 19.3 Å². The van der Waals surface area contributed by atoms with Crippen molar-refractivity contribution in [1.82, 2.24) is 4.90 Å². The van der Waals surface area contributed by atoms with Crippen molar-refractivity contribution < 1.29 is 14.1 Å². The van der Waals surface area contributed by atoms with Gasteiger partial charge in [-0.1, -0.05) is 6.07 Å². The van der Waals surface area contributed by atoms with Crippen LogP contribution in [0.2, 0.25) is 0 Å². The number of amides is 1. The summed E-state index contributed by atoms with van der Waals surface area (Å²) in [4.78, 5) is 22.8. The number of nitrogens with zero attached hydrogens (tertiary/aromatic N) is 2. The number of likely N-dealkylation sites (N-methyl/N-ethyl adjacent to an activating group) is 1. The molecule has 0 aliphatic carbocycles. The third-order valence-corrected chi connectivity index (χ3v) is 2.98. The number of nitro groups is 1. The van der Waals surface area contributed by atoms with Gasteiger partial charge in [-0.2, -0.15) is 4.39 Å². The predicted molar refractivity (Wildman–Crippen MR) is 58.0 cm³/mol. The molecule has 90 valence electrons. The zero-order chi connectivity index (χ0) is 12.6. The normalized spacial score (nSPS) is 19.8. The second kappa shape index (κ2) is 4.12. The number of hydrogen-bond acceptors (Lipinski definition) is 3. The van der Waals surface area contributed by atoms with E-state index in [1.165, 1.54) is 12.1 Å². The highest BCUT2D eigenvalue weighted by Gasteiger charge is 2.29. The molecule has 1 unspecified atom stereocenters. The number of benzene rings is 1. The highest BCUT2D eigenvalue weighted by Crippen LogP contribution is 2.30. The maximum atomic E-state index is 13.1. The average Bonchev–Trinajstić information content (AvgIpc) is 2.59. The summed E-state index contributed by atoms with van der Waals surface area (Å²) in [5.41, 5.74) is 0.0975. The SMILES string of the molecule is CN1CC(c2ccc(F)c([N+](=O)[O-])c2)CC1=O. The summed E-state index contributed by atoms with van der Waals surface area (Å²) in [6.07, 6.45) is 0.319. The summed E-state index contributed by atoms with van der Waals surface area (Å²) < 4.78 is 13.1. The van der Waals surface area contributed by atoms with Crippen LogP contribution in [0.3, 0.4) is 0 Å². The standard InChI is InChI=1S/C11H11FN2O3/c1-13-6-8(5-11(13)15)7-2-3-9(12)10(4-7)14(16)17/h2-4,8H,5-6H2,1H3. The predicted octanol–water partition coefficient (Wildman–Crippen LogP) is 1.68. The summed E-state index contributed by atoms with van der Waals surface area (Å²) in [6, 6.07) is 3.79. The van der Waals surface area contributed by atoms with E-state index in [1.54, 1.807) is 11.9 Å². The first-order valence-electron chi connectivity index (χ1n) is 5.17. The molecule has 0 spiro atoms. The van der Waals surface area contributed by atoms with Crippen LogP contribution in [-0.4, -0.2) is 29.3 Å². The Morgan fingerprint density at radius 3 is 2.76 bits per heavy atom. The van der Waals surface area contributed by atoms with Gasteiger partial charge in [0.05, 0.1) is 4.92 Å². The molecule has 1 amide bonds. The molecule has 1 fully saturated rings. The Labute approximate surface area is 97.0 Å². The van der Waals surface area contributed by atoms with Gasteiger partial charge in [0.25, 0.3) is 0 Å². The lowest BCUT2D eigenvalue weighted by Gasteiger charge is -2.10. The van der Waals surface area contributed by atoms with Gasteiger partial charge >= 0.3 is 5.69 Å². The van der Waals surface area contributed by atoms with Crippen molar-refractivity contribution in [3.8, 4) is 0 Å². The Morgan fingerprint density at radius 1 is 1.53 bits per heavy atom. The highest BCUT2D eigenvalue weighted by atomic mass is 19.1. The Balaban J connectivity index is 2.31. The fourth-order valence-corrected chi connectivity index (χ4v) is 2.01. The first kappa shape index (κ1) is 11.5. The van der Waals surface area contributed by atoms with E-state index < -0.39 is 16.4 Å². The van der Waals surface area contributed by atoms with Crippen LogP contribution >= 0.6 is 0 Å². The zero-order valence-electron chi connectivity index (χ0n) is 9.22. The van der Waals surface area contributed by atoms with E-state index >= 15 is 0 Å². The molecular weight excluding hydrogens is 227 g/mol. The lowest BCUT2D eigenvalue weighted by molar-refractivity contribution is -0.387. The number of nitro benzene ring substituents is 1. The van der Waals surface area contributed by atoms with Crippen LogP contribution in [0.15, 0.2) is 18.2 Å². The van der Waals surface area contributed by atoms with Crippen molar-refractivity contribution in [2.45, 2.75) is 12.3 Å². The van der Waals surface area contributed by atoms with Crippen LogP contribution in [0.5, 0.6) is 0 Å². The van der Waals surface area contributed by atoms with E-state index in [0.29, 0.717) is 18.5 Å². The van der Waals surface area contributed by atoms with Crippen LogP contribution in [0, 0.1) is 15.9 Å². The van der Waals surface area contributed by atoms with E-state index in [1.807, 2.05) is 0 Å². The van der Waals surface area contributed by atoms with E-state index in [4.69, 9.17) is 0 Å². The molecule has 1 aliphatic heterocycles. The largest absolute Gasteiger partial charge is 0.345 e. The summed E-state index contributed by atoms with van der Waals surface area (Å²) in [5.74, 6) is -0.940. The monoisotopic (exact) mass is 238 g/mol. The maximum Gasteiger partial charge on any atom is 0.305 e. The number of halogens is 1. The number of carbonyl (C=O) groups excluding carboxylic acids is 1. The quantitative estimate of drug-likeness (QED) is 0.581. The Bertz CT molecular complexity index is 490. The fourth-order valence-electron chi connectivity index (χ4n) is 2.01. The molecule has 5 nitrogen and oxygen atoms in total. The van der Waals surface area contributed by atoms with Gasteiger partial charge in [-0.05, 0) is 11.6 Å². The number of rotatable bonds is 2. The molecule has 1 aromatic carbocycles. The Morgan fingerprint density at radius 2 is 2.24 bits per heavy atom. The van der Waals surface area contributed by atoms with Crippen molar-refractivity contribution in [1.29, 1.82) is 0 Å². The molecule has 1 aromatic rings. The van der Waals surface area contributed by atoms with Crippen LogP contribution in [0.1, 0.15) is 17.9 Å². The third kappa shape index (κ3) is 2.11. The molecule has 2 rings (SSSR count).